The van der Waals surface area contributed by atoms with Crippen LogP contribution in [0.5, 0.6) is 0 Å². The van der Waals surface area contributed by atoms with Gasteiger partial charge in [0.25, 0.3) is 5.69 Å². The standard InChI is InChI=1S/C13H17N3O3/c1-8-6-12(16(18)19)9(2)5-11(8)15-13(17)7-14-10-3-4-10/h5-6,10,14H,3-4,7H2,1-2H3,(H,15,17). The summed E-state index contributed by atoms with van der Waals surface area (Å²) >= 11 is 0. The van der Waals surface area contributed by atoms with Crippen molar-refractivity contribution in [2.75, 3.05) is 11.9 Å². The molecule has 1 aliphatic carbocycles. The maximum Gasteiger partial charge on any atom is 0.272 e. The minimum Gasteiger partial charge on any atom is -0.325 e. The summed E-state index contributed by atoms with van der Waals surface area (Å²) in [5.41, 5.74) is 1.94. The maximum atomic E-state index is 11.7. The Morgan fingerprint density at radius 1 is 1.37 bits per heavy atom. The number of nitro groups is 1. The minimum atomic E-state index is -0.414. The van der Waals surface area contributed by atoms with Gasteiger partial charge < -0.3 is 10.6 Å². The summed E-state index contributed by atoms with van der Waals surface area (Å²) < 4.78 is 0. The lowest BCUT2D eigenvalue weighted by molar-refractivity contribution is -0.385. The molecular weight excluding hydrogens is 246 g/mol. The van der Waals surface area contributed by atoms with E-state index in [1.807, 2.05) is 0 Å². The molecule has 0 unspecified atom stereocenters. The van der Waals surface area contributed by atoms with Crippen LogP contribution >= 0.6 is 0 Å². The highest BCUT2D eigenvalue weighted by molar-refractivity contribution is 5.93. The van der Waals surface area contributed by atoms with Gasteiger partial charge in [-0.3, -0.25) is 14.9 Å². The Bertz CT molecular complexity index is 524. The highest BCUT2D eigenvalue weighted by atomic mass is 16.6. The van der Waals surface area contributed by atoms with Gasteiger partial charge in [0.15, 0.2) is 0 Å². The number of hydrogen-bond acceptors (Lipinski definition) is 4. The van der Waals surface area contributed by atoms with Crippen molar-refractivity contribution in [3.8, 4) is 0 Å². The third-order valence-corrected chi connectivity index (χ3v) is 3.14. The Morgan fingerprint density at radius 2 is 2.05 bits per heavy atom. The number of nitrogens with one attached hydrogen (secondary N) is 2. The van der Waals surface area contributed by atoms with E-state index in [9.17, 15) is 14.9 Å². The summed E-state index contributed by atoms with van der Waals surface area (Å²) in [6, 6.07) is 3.60. The number of aryl methyl sites for hydroxylation is 2. The van der Waals surface area contributed by atoms with Crippen molar-refractivity contribution < 1.29 is 9.72 Å². The quantitative estimate of drug-likeness (QED) is 0.627. The molecule has 6 heteroatoms. The summed E-state index contributed by atoms with van der Waals surface area (Å²) in [5.74, 6) is -0.122. The Kier molecular flexibility index (Phi) is 3.80. The fourth-order valence-electron chi connectivity index (χ4n) is 1.85. The second-order valence-corrected chi connectivity index (χ2v) is 4.91. The van der Waals surface area contributed by atoms with E-state index in [1.165, 1.54) is 6.07 Å². The van der Waals surface area contributed by atoms with Crippen molar-refractivity contribution in [1.29, 1.82) is 0 Å². The van der Waals surface area contributed by atoms with Crippen LogP contribution in [0, 0.1) is 24.0 Å². The third-order valence-electron chi connectivity index (χ3n) is 3.14. The first kappa shape index (κ1) is 13.5. The lowest BCUT2D eigenvalue weighted by atomic mass is 10.1. The molecule has 1 aromatic rings. The molecule has 0 atom stereocenters. The third kappa shape index (κ3) is 3.51. The molecule has 19 heavy (non-hydrogen) atoms. The number of anilines is 1. The second kappa shape index (κ2) is 5.36. The Morgan fingerprint density at radius 3 is 2.63 bits per heavy atom. The molecule has 0 aromatic heterocycles. The average Bonchev–Trinajstić information content (AvgIpc) is 3.14. The SMILES string of the molecule is Cc1cc([N+](=O)[O-])c(C)cc1NC(=O)CNC1CC1. The van der Waals surface area contributed by atoms with Gasteiger partial charge in [-0.05, 0) is 38.3 Å². The van der Waals surface area contributed by atoms with Crippen LogP contribution in [0.15, 0.2) is 12.1 Å². The Hall–Kier alpha value is -1.95. The Balaban J connectivity index is 2.04. The van der Waals surface area contributed by atoms with E-state index in [4.69, 9.17) is 0 Å². The number of nitro benzene ring substituents is 1. The molecule has 1 aliphatic rings. The van der Waals surface area contributed by atoms with E-state index >= 15 is 0 Å². The molecule has 2 N–H and O–H groups in total. The largest absolute Gasteiger partial charge is 0.325 e. The van der Waals surface area contributed by atoms with Crippen molar-refractivity contribution in [3.63, 3.8) is 0 Å². The fraction of sp³-hybridized carbons (Fsp3) is 0.462. The van der Waals surface area contributed by atoms with Crippen molar-refractivity contribution in [2.45, 2.75) is 32.7 Å². The number of benzene rings is 1. The highest BCUT2D eigenvalue weighted by Crippen LogP contribution is 2.26. The molecule has 0 radical (unpaired) electrons. The molecule has 1 amide bonds. The number of nitrogens with zero attached hydrogens (tertiary/aromatic N) is 1. The molecule has 1 saturated carbocycles. The summed E-state index contributed by atoms with van der Waals surface area (Å²) in [6.45, 7) is 3.69. The molecular formula is C13H17N3O3. The smallest absolute Gasteiger partial charge is 0.272 e. The zero-order valence-electron chi connectivity index (χ0n) is 11.0. The summed E-state index contributed by atoms with van der Waals surface area (Å²) in [5, 5.41) is 16.7. The van der Waals surface area contributed by atoms with Gasteiger partial charge in [-0.2, -0.15) is 0 Å². The molecule has 0 bridgehead atoms. The second-order valence-electron chi connectivity index (χ2n) is 4.91. The van der Waals surface area contributed by atoms with Gasteiger partial charge in [0.05, 0.1) is 11.5 Å². The van der Waals surface area contributed by atoms with Crippen molar-refractivity contribution in [2.24, 2.45) is 0 Å². The molecule has 0 heterocycles. The van der Waals surface area contributed by atoms with Crippen LogP contribution < -0.4 is 10.6 Å². The molecule has 1 fully saturated rings. The van der Waals surface area contributed by atoms with Crippen LogP contribution in [-0.2, 0) is 4.79 Å². The van der Waals surface area contributed by atoms with Crippen LogP contribution in [0.3, 0.4) is 0 Å². The van der Waals surface area contributed by atoms with Gasteiger partial charge in [0.1, 0.15) is 0 Å². The maximum absolute atomic E-state index is 11.7. The van der Waals surface area contributed by atoms with E-state index < -0.39 is 4.92 Å². The molecule has 1 aromatic carbocycles. The van der Waals surface area contributed by atoms with E-state index in [2.05, 4.69) is 10.6 Å². The predicted molar refractivity (Wildman–Crippen MR) is 72.2 cm³/mol. The molecule has 0 aliphatic heterocycles. The van der Waals surface area contributed by atoms with Crippen LogP contribution in [0.2, 0.25) is 0 Å². The molecule has 102 valence electrons. The van der Waals surface area contributed by atoms with Crippen LogP contribution in [0.4, 0.5) is 11.4 Å². The lowest BCUT2D eigenvalue weighted by Crippen LogP contribution is -2.29. The highest BCUT2D eigenvalue weighted by Gasteiger charge is 2.21. The van der Waals surface area contributed by atoms with Crippen LogP contribution in [-0.4, -0.2) is 23.4 Å². The van der Waals surface area contributed by atoms with Gasteiger partial charge >= 0.3 is 0 Å². The summed E-state index contributed by atoms with van der Waals surface area (Å²) in [4.78, 5) is 22.1. The van der Waals surface area contributed by atoms with Crippen LogP contribution in [0.1, 0.15) is 24.0 Å². The number of carbonyl (C=O) groups excluding carboxylic acids is 1. The van der Waals surface area contributed by atoms with Crippen molar-refractivity contribution >= 4 is 17.3 Å². The topological polar surface area (TPSA) is 84.3 Å². The van der Waals surface area contributed by atoms with E-state index in [0.717, 1.165) is 12.8 Å². The normalized spacial score (nSPS) is 14.2. The van der Waals surface area contributed by atoms with E-state index in [0.29, 0.717) is 22.9 Å². The van der Waals surface area contributed by atoms with Gasteiger partial charge in [0, 0.05) is 23.4 Å². The fourth-order valence-corrected chi connectivity index (χ4v) is 1.85. The lowest BCUT2D eigenvalue weighted by Gasteiger charge is -2.10. The number of amides is 1. The molecule has 2 rings (SSSR count). The first-order chi connectivity index (χ1) is 8.97. The number of carbonyl (C=O) groups is 1. The van der Waals surface area contributed by atoms with Gasteiger partial charge in [-0.15, -0.1) is 0 Å². The van der Waals surface area contributed by atoms with Gasteiger partial charge in [-0.1, -0.05) is 0 Å². The monoisotopic (exact) mass is 263 g/mol. The minimum absolute atomic E-state index is 0.0756. The molecule has 6 nitrogen and oxygen atoms in total. The van der Waals surface area contributed by atoms with Crippen molar-refractivity contribution in [3.05, 3.63) is 33.4 Å². The van der Waals surface area contributed by atoms with E-state index in [1.54, 1.807) is 19.9 Å². The Labute approximate surface area is 111 Å². The van der Waals surface area contributed by atoms with Gasteiger partial charge in [0.2, 0.25) is 5.91 Å². The zero-order valence-corrected chi connectivity index (χ0v) is 11.0. The molecule has 0 spiro atoms. The zero-order chi connectivity index (χ0) is 14.0. The predicted octanol–water partition coefficient (Wildman–Crippen LogP) is 1.90. The number of hydrogen-bond donors (Lipinski definition) is 2. The summed E-state index contributed by atoms with van der Waals surface area (Å²) in [7, 11) is 0. The van der Waals surface area contributed by atoms with Crippen LogP contribution in [0.25, 0.3) is 0 Å². The van der Waals surface area contributed by atoms with Gasteiger partial charge in [-0.25, -0.2) is 0 Å². The summed E-state index contributed by atoms with van der Waals surface area (Å²) in [6.07, 6.45) is 2.26. The van der Waals surface area contributed by atoms with Crippen molar-refractivity contribution in [1.82, 2.24) is 5.32 Å². The average molecular weight is 263 g/mol. The molecule has 0 saturated heterocycles. The first-order valence-corrected chi connectivity index (χ1v) is 6.26. The first-order valence-electron chi connectivity index (χ1n) is 6.26. The van der Waals surface area contributed by atoms with E-state index in [-0.39, 0.29) is 18.1 Å². The number of rotatable bonds is 5.